The Morgan fingerprint density at radius 1 is 1.00 bits per heavy atom. The third kappa shape index (κ3) is 3.98. The quantitative estimate of drug-likeness (QED) is 0.493. The fraction of sp³-hybridized carbons (Fsp3) is 0.964. The van der Waals surface area contributed by atoms with Gasteiger partial charge >= 0.3 is 0 Å². The van der Waals surface area contributed by atoms with Gasteiger partial charge in [-0.1, -0.05) is 34.6 Å². The van der Waals surface area contributed by atoms with Crippen molar-refractivity contribution in [3.63, 3.8) is 0 Å². The van der Waals surface area contributed by atoms with Gasteiger partial charge < -0.3 is 20.6 Å². The molecule has 0 radical (unpaired) electrons. The number of fused-ring (bicyclic) bond motifs is 5. The minimum absolute atomic E-state index is 0.0949. The Morgan fingerprint density at radius 3 is 2.36 bits per heavy atom. The molecule has 0 aromatic heterocycles. The number of amides is 1. The molecule has 33 heavy (non-hydrogen) atoms. The fourth-order valence-electron chi connectivity index (χ4n) is 9.13. The van der Waals surface area contributed by atoms with Crippen LogP contribution in [0.25, 0.3) is 0 Å². The minimum atomic E-state index is -0.404. The number of aliphatic hydroxyl groups is 3. The molecular formula is C28H49NO4. The normalized spacial score (nSPS) is 49.8. The largest absolute Gasteiger partial charge is 0.393 e. The monoisotopic (exact) mass is 463 g/mol. The van der Waals surface area contributed by atoms with Gasteiger partial charge in [-0.3, -0.25) is 4.79 Å². The summed E-state index contributed by atoms with van der Waals surface area (Å²) in [5.74, 6) is 1.66. The molecule has 190 valence electrons. The third-order valence-electron chi connectivity index (χ3n) is 11.7. The zero-order valence-corrected chi connectivity index (χ0v) is 21.8. The smallest absolute Gasteiger partial charge is 0.223 e. The number of carbonyl (C=O) groups excluding carboxylic acids is 1. The van der Waals surface area contributed by atoms with E-state index >= 15 is 0 Å². The molecule has 4 N–H and O–H groups in total. The first-order chi connectivity index (χ1) is 15.4. The highest BCUT2D eigenvalue weighted by Crippen LogP contribution is 2.68. The van der Waals surface area contributed by atoms with E-state index in [1.807, 2.05) is 6.92 Å². The van der Waals surface area contributed by atoms with Crippen molar-refractivity contribution in [1.82, 2.24) is 5.32 Å². The molecule has 13 atom stereocenters. The molecule has 0 bridgehead atoms. The van der Waals surface area contributed by atoms with Crippen LogP contribution in [0.3, 0.4) is 0 Å². The first-order valence-corrected chi connectivity index (χ1v) is 13.8. The first-order valence-electron chi connectivity index (χ1n) is 13.8. The van der Waals surface area contributed by atoms with Gasteiger partial charge in [-0.15, -0.1) is 0 Å². The second-order valence-electron chi connectivity index (χ2n) is 13.0. The lowest BCUT2D eigenvalue weighted by Crippen LogP contribution is -2.62. The van der Waals surface area contributed by atoms with Crippen molar-refractivity contribution < 1.29 is 20.1 Å². The highest BCUT2D eigenvalue weighted by atomic mass is 16.3. The summed E-state index contributed by atoms with van der Waals surface area (Å²) in [6.45, 7) is 13.0. The van der Waals surface area contributed by atoms with Gasteiger partial charge in [0.15, 0.2) is 0 Å². The maximum atomic E-state index is 12.9. The standard InChI is InChI=1S/C28H49NO4/c1-7-15(2)29-26(33)17(4)16(3)20-8-9-21-25-22(14-24(32)28(20,21)6)27(5)11-10-19(30)12-18(27)13-23(25)31/h15-25,30-32H,7-14H2,1-6H3,(H,29,33). The van der Waals surface area contributed by atoms with Crippen LogP contribution in [0.15, 0.2) is 0 Å². The summed E-state index contributed by atoms with van der Waals surface area (Å²) in [5.41, 5.74) is -0.164. The Kier molecular flexibility index (Phi) is 7.01. The van der Waals surface area contributed by atoms with E-state index in [4.69, 9.17) is 0 Å². The lowest BCUT2D eigenvalue weighted by Gasteiger charge is -2.63. The molecule has 0 saturated heterocycles. The van der Waals surface area contributed by atoms with Crippen LogP contribution < -0.4 is 5.32 Å². The molecule has 0 aliphatic heterocycles. The number of carbonyl (C=O) groups is 1. The summed E-state index contributed by atoms with van der Waals surface area (Å²) in [4.78, 5) is 12.9. The number of hydrogen-bond acceptors (Lipinski definition) is 4. The molecule has 5 nitrogen and oxygen atoms in total. The predicted molar refractivity (Wildman–Crippen MR) is 130 cm³/mol. The molecule has 1 amide bonds. The van der Waals surface area contributed by atoms with E-state index in [1.165, 1.54) is 0 Å². The summed E-state index contributed by atoms with van der Waals surface area (Å²) < 4.78 is 0. The predicted octanol–water partition coefficient (Wildman–Crippen LogP) is 4.13. The summed E-state index contributed by atoms with van der Waals surface area (Å²) >= 11 is 0. The molecule has 4 saturated carbocycles. The summed E-state index contributed by atoms with van der Waals surface area (Å²) in [6.07, 6.45) is 6.13. The molecule has 0 spiro atoms. The molecule has 4 rings (SSSR count). The Balaban J connectivity index is 1.57. The van der Waals surface area contributed by atoms with Crippen molar-refractivity contribution in [2.45, 2.75) is 117 Å². The van der Waals surface area contributed by atoms with E-state index in [-0.39, 0.29) is 58.7 Å². The van der Waals surface area contributed by atoms with Crippen molar-refractivity contribution in [1.29, 1.82) is 0 Å². The Morgan fingerprint density at radius 2 is 1.70 bits per heavy atom. The SMILES string of the molecule is CCC(C)NC(=O)C(C)C(C)C1CCC2C3C(O)CC4CC(O)CCC4(C)C3CC(O)C12C. The highest BCUT2D eigenvalue weighted by molar-refractivity contribution is 5.78. The summed E-state index contributed by atoms with van der Waals surface area (Å²) in [5, 5.41) is 36.6. The Labute approximate surface area is 201 Å². The van der Waals surface area contributed by atoms with Gasteiger partial charge in [0.25, 0.3) is 0 Å². The third-order valence-corrected chi connectivity index (χ3v) is 11.7. The molecule has 13 unspecified atom stereocenters. The maximum absolute atomic E-state index is 12.9. The molecule has 4 aliphatic carbocycles. The van der Waals surface area contributed by atoms with Gasteiger partial charge in [-0.25, -0.2) is 0 Å². The van der Waals surface area contributed by atoms with Crippen molar-refractivity contribution in [2.75, 3.05) is 0 Å². The maximum Gasteiger partial charge on any atom is 0.223 e. The lowest BCUT2D eigenvalue weighted by atomic mass is 9.43. The van der Waals surface area contributed by atoms with Crippen LogP contribution in [-0.2, 0) is 4.79 Å². The number of hydrogen-bond donors (Lipinski definition) is 4. The van der Waals surface area contributed by atoms with Crippen LogP contribution in [-0.4, -0.2) is 45.6 Å². The first kappa shape index (κ1) is 25.4. The lowest BCUT2D eigenvalue weighted by molar-refractivity contribution is -0.207. The topological polar surface area (TPSA) is 89.8 Å². The van der Waals surface area contributed by atoms with Crippen LogP contribution in [0.2, 0.25) is 0 Å². The summed E-state index contributed by atoms with van der Waals surface area (Å²) in [6, 6.07) is 0.181. The molecule has 0 aromatic carbocycles. The minimum Gasteiger partial charge on any atom is -0.393 e. The fourth-order valence-corrected chi connectivity index (χ4v) is 9.13. The molecule has 0 aromatic rings. The molecular weight excluding hydrogens is 414 g/mol. The van der Waals surface area contributed by atoms with E-state index in [0.717, 1.165) is 51.4 Å². The van der Waals surface area contributed by atoms with Crippen LogP contribution in [0.4, 0.5) is 0 Å². The van der Waals surface area contributed by atoms with Crippen LogP contribution in [0.5, 0.6) is 0 Å². The number of rotatable bonds is 5. The second-order valence-corrected chi connectivity index (χ2v) is 13.0. The van der Waals surface area contributed by atoms with Crippen molar-refractivity contribution in [3.05, 3.63) is 0 Å². The van der Waals surface area contributed by atoms with E-state index in [9.17, 15) is 20.1 Å². The van der Waals surface area contributed by atoms with E-state index in [2.05, 4.69) is 39.9 Å². The van der Waals surface area contributed by atoms with Crippen molar-refractivity contribution >= 4 is 5.91 Å². The van der Waals surface area contributed by atoms with Gasteiger partial charge in [0.2, 0.25) is 5.91 Å². The average Bonchev–Trinajstić information content (AvgIpc) is 3.12. The zero-order chi connectivity index (χ0) is 24.3. The zero-order valence-electron chi connectivity index (χ0n) is 21.8. The molecule has 5 heteroatoms. The van der Waals surface area contributed by atoms with Gasteiger partial charge in [-0.2, -0.15) is 0 Å². The highest BCUT2D eigenvalue weighted by Gasteiger charge is 2.66. The van der Waals surface area contributed by atoms with E-state index in [0.29, 0.717) is 17.8 Å². The van der Waals surface area contributed by atoms with Gasteiger partial charge in [0.05, 0.1) is 18.3 Å². The Hall–Kier alpha value is -0.650. The van der Waals surface area contributed by atoms with Gasteiger partial charge in [0, 0.05) is 12.0 Å². The summed E-state index contributed by atoms with van der Waals surface area (Å²) in [7, 11) is 0. The Bertz CT molecular complexity index is 729. The van der Waals surface area contributed by atoms with E-state index in [1.54, 1.807) is 0 Å². The second kappa shape index (κ2) is 9.09. The van der Waals surface area contributed by atoms with Crippen molar-refractivity contribution in [3.8, 4) is 0 Å². The molecule has 4 fully saturated rings. The average molecular weight is 464 g/mol. The molecule has 0 heterocycles. The van der Waals surface area contributed by atoms with Gasteiger partial charge in [-0.05, 0) is 105 Å². The number of nitrogens with one attached hydrogen (secondary N) is 1. The van der Waals surface area contributed by atoms with Crippen LogP contribution in [0.1, 0.15) is 92.9 Å². The van der Waals surface area contributed by atoms with E-state index < -0.39 is 6.10 Å². The van der Waals surface area contributed by atoms with Crippen LogP contribution in [0, 0.1) is 52.3 Å². The van der Waals surface area contributed by atoms with Gasteiger partial charge in [0.1, 0.15) is 0 Å². The molecule has 4 aliphatic rings. The van der Waals surface area contributed by atoms with Crippen molar-refractivity contribution in [2.24, 2.45) is 52.3 Å². The number of aliphatic hydroxyl groups excluding tert-OH is 3. The van der Waals surface area contributed by atoms with Crippen LogP contribution >= 0.6 is 0 Å².